The van der Waals surface area contributed by atoms with E-state index in [1.54, 1.807) is 13.1 Å². The van der Waals surface area contributed by atoms with E-state index < -0.39 is 0 Å². The minimum absolute atomic E-state index is 0.00269. The minimum atomic E-state index is -0.223. The highest BCUT2D eigenvalue weighted by Crippen LogP contribution is 2.19. The van der Waals surface area contributed by atoms with Gasteiger partial charge in [0.25, 0.3) is 0 Å². The number of para-hydroxylation sites is 1. The molecule has 2 aromatic carbocycles. The predicted octanol–water partition coefficient (Wildman–Crippen LogP) is 4.18. The number of hydrogen-bond acceptors (Lipinski definition) is 2. The van der Waals surface area contributed by atoms with Gasteiger partial charge in [-0.25, -0.2) is 0 Å². The van der Waals surface area contributed by atoms with Crippen molar-refractivity contribution in [2.24, 2.45) is 0 Å². The molecule has 0 fully saturated rings. The molecule has 4 nitrogen and oxygen atoms in total. The van der Waals surface area contributed by atoms with Crippen molar-refractivity contribution in [3.8, 4) is 0 Å². The maximum Gasteiger partial charge on any atom is 0.246 e. The monoisotopic (exact) mass is 400 g/mol. The molecule has 0 radical (unpaired) electrons. The first kappa shape index (κ1) is 18.9. The Kier molecular flexibility index (Phi) is 6.53. The molecule has 0 aliphatic heterocycles. The average molecular weight is 401 g/mol. The van der Waals surface area contributed by atoms with Crippen molar-refractivity contribution in [2.45, 2.75) is 13.8 Å². The van der Waals surface area contributed by atoms with Crippen molar-refractivity contribution < 1.29 is 9.59 Å². The fourth-order valence-electron chi connectivity index (χ4n) is 2.35. The van der Waals surface area contributed by atoms with Crippen molar-refractivity contribution in [1.29, 1.82) is 0 Å². The van der Waals surface area contributed by atoms with Gasteiger partial charge in [0.15, 0.2) is 0 Å². The summed E-state index contributed by atoms with van der Waals surface area (Å²) in [6, 6.07) is 13.5. The topological polar surface area (TPSA) is 49.4 Å². The van der Waals surface area contributed by atoms with E-state index in [2.05, 4.69) is 21.2 Å². The van der Waals surface area contributed by atoms with Crippen LogP contribution in [0.15, 0.2) is 53.0 Å². The second-order valence-electron chi connectivity index (χ2n) is 5.89. The van der Waals surface area contributed by atoms with E-state index in [9.17, 15) is 9.59 Å². The van der Waals surface area contributed by atoms with E-state index >= 15 is 0 Å². The molecule has 0 atom stereocenters. The molecule has 1 N–H and O–H groups in total. The van der Waals surface area contributed by atoms with Crippen LogP contribution in [0.3, 0.4) is 0 Å². The zero-order chi connectivity index (χ0) is 18.4. The standard InChI is InChI=1S/C20H21BrN2O2/c1-14-5-4-6-15(2)20(14)22-18(24)13-23(3)19(25)12-9-16-7-10-17(21)11-8-16/h4-12H,13H2,1-3H3,(H,22,24)/b12-9+. The lowest BCUT2D eigenvalue weighted by Gasteiger charge is -2.16. The number of benzene rings is 2. The summed E-state index contributed by atoms with van der Waals surface area (Å²) in [6.45, 7) is 3.88. The first-order valence-corrected chi connectivity index (χ1v) is 8.71. The molecule has 130 valence electrons. The van der Waals surface area contributed by atoms with E-state index in [0.717, 1.165) is 26.9 Å². The Morgan fingerprint density at radius 3 is 2.28 bits per heavy atom. The molecule has 0 spiro atoms. The average Bonchev–Trinajstić information content (AvgIpc) is 2.57. The number of halogens is 1. The molecule has 0 unspecified atom stereocenters. The largest absolute Gasteiger partial charge is 0.333 e. The van der Waals surface area contributed by atoms with Crippen LogP contribution in [-0.4, -0.2) is 30.3 Å². The number of nitrogens with one attached hydrogen (secondary N) is 1. The van der Waals surface area contributed by atoms with Crippen molar-refractivity contribution in [3.63, 3.8) is 0 Å². The molecule has 0 aliphatic carbocycles. The van der Waals surface area contributed by atoms with Crippen LogP contribution in [0.2, 0.25) is 0 Å². The van der Waals surface area contributed by atoms with Gasteiger partial charge in [0, 0.05) is 23.3 Å². The number of carbonyl (C=O) groups excluding carboxylic acids is 2. The molecule has 2 amide bonds. The van der Waals surface area contributed by atoms with Crippen molar-refractivity contribution in [1.82, 2.24) is 4.90 Å². The van der Waals surface area contributed by atoms with E-state index in [0.29, 0.717) is 0 Å². The molecule has 0 saturated heterocycles. The van der Waals surface area contributed by atoms with Crippen molar-refractivity contribution in [3.05, 3.63) is 69.7 Å². The van der Waals surface area contributed by atoms with Gasteiger partial charge in [-0.3, -0.25) is 9.59 Å². The number of hydrogen-bond donors (Lipinski definition) is 1. The number of aryl methyl sites for hydroxylation is 2. The fraction of sp³-hybridized carbons (Fsp3) is 0.200. The zero-order valence-electron chi connectivity index (χ0n) is 14.5. The second-order valence-corrected chi connectivity index (χ2v) is 6.81. The van der Waals surface area contributed by atoms with E-state index in [1.165, 1.54) is 11.0 Å². The van der Waals surface area contributed by atoms with Gasteiger partial charge in [-0.1, -0.05) is 46.3 Å². The lowest BCUT2D eigenvalue weighted by Crippen LogP contribution is -2.34. The number of nitrogens with zero attached hydrogens (tertiary/aromatic N) is 1. The molecule has 5 heteroatoms. The van der Waals surface area contributed by atoms with Gasteiger partial charge in [-0.2, -0.15) is 0 Å². The molecular weight excluding hydrogens is 380 g/mol. The van der Waals surface area contributed by atoms with Crippen LogP contribution in [0.1, 0.15) is 16.7 Å². The van der Waals surface area contributed by atoms with E-state index in [1.807, 2.05) is 56.3 Å². The summed E-state index contributed by atoms with van der Waals surface area (Å²) in [5, 5.41) is 2.88. The third kappa shape index (κ3) is 5.57. The zero-order valence-corrected chi connectivity index (χ0v) is 16.1. The van der Waals surface area contributed by atoms with E-state index in [4.69, 9.17) is 0 Å². The van der Waals surface area contributed by atoms with Crippen LogP contribution in [0.5, 0.6) is 0 Å². The van der Waals surface area contributed by atoms with E-state index in [-0.39, 0.29) is 18.4 Å². The van der Waals surface area contributed by atoms with Gasteiger partial charge in [-0.15, -0.1) is 0 Å². The Bertz CT molecular complexity index is 778. The van der Waals surface area contributed by atoms with Crippen molar-refractivity contribution >= 4 is 39.5 Å². The van der Waals surface area contributed by atoms with Crippen molar-refractivity contribution in [2.75, 3.05) is 18.9 Å². The smallest absolute Gasteiger partial charge is 0.246 e. The Balaban J connectivity index is 1.94. The van der Waals surface area contributed by atoms with Crippen LogP contribution < -0.4 is 5.32 Å². The highest BCUT2D eigenvalue weighted by Gasteiger charge is 2.12. The Hall–Kier alpha value is -2.40. The van der Waals surface area contributed by atoms with Crippen LogP contribution in [0, 0.1) is 13.8 Å². The quantitative estimate of drug-likeness (QED) is 0.765. The Morgan fingerprint density at radius 1 is 1.08 bits per heavy atom. The number of rotatable bonds is 5. The predicted molar refractivity (Wildman–Crippen MR) is 105 cm³/mol. The van der Waals surface area contributed by atoms with Gasteiger partial charge in [0.05, 0.1) is 6.54 Å². The highest BCUT2D eigenvalue weighted by atomic mass is 79.9. The third-order valence-corrected chi connectivity index (χ3v) is 4.32. The molecule has 2 rings (SSSR count). The molecule has 25 heavy (non-hydrogen) atoms. The summed E-state index contributed by atoms with van der Waals surface area (Å²) in [6.07, 6.45) is 3.20. The summed E-state index contributed by atoms with van der Waals surface area (Å²) in [7, 11) is 1.61. The summed E-state index contributed by atoms with van der Waals surface area (Å²) in [5.74, 6) is -0.440. The van der Waals surface area contributed by atoms with Gasteiger partial charge in [0.1, 0.15) is 0 Å². The molecule has 0 saturated carbocycles. The van der Waals surface area contributed by atoms with Gasteiger partial charge >= 0.3 is 0 Å². The van der Waals surface area contributed by atoms with Crippen LogP contribution in [0.4, 0.5) is 5.69 Å². The van der Waals surface area contributed by atoms with Crippen LogP contribution in [0.25, 0.3) is 6.08 Å². The van der Waals surface area contributed by atoms with Gasteiger partial charge in [0.2, 0.25) is 11.8 Å². The Morgan fingerprint density at radius 2 is 1.68 bits per heavy atom. The molecule has 0 heterocycles. The maximum atomic E-state index is 12.2. The lowest BCUT2D eigenvalue weighted by molar-refractivity contribution is -0.129. The normalized spacial score (nSPS) is 10.7. The second kappa shape index (κ2) is 8.62. The SMILES string of the molecule is Cc1cccc(C)c1NC(=O)CN(C)C(=O)/C=C/c1ccc(Br)cc1. The summed E-state index contributed by atoms with van der Waals surface area (Å²) in [4.78, 5) is 25.8. The highest BCUT2D eigenvalue weighted by molar-refractivity contribution is 9.10. The minimum Gasteiger partial charge on any atom is -0.333 e. The molecule has 0 bridgehead atoms. The van der Waals surface area contributed by atoms with Gasteiger partial charge < -0.3 is 10.2 Å². The summed E-state index contributed by atoms with van der Waals surface area (Å²) >= 11 is 3.37. The maximum absolute atomic E-state index is 12.2. The molecule has 0 aliphatic rings. The molecule has 2 aromatic rings. The van der Waals surface area contributed by atoms with Gasteiger partial charge in [-0.05, 0) is 48.7 Å². The molecular formula is C20H21BrN2O2. The summed E-state index contributed by atoms with van der Waals surface area (Å²) < 4.78 is 0.983. The fourth-order valence-corrected chi connectivity index (χ4v) is 2.62. The first-order valence-electron chi connectivity index (χ1n) is 7.91. The number of carbonyl (C=O) groups is 2. The number of amides is 2. The lowest BCUT2D eigenvalue weighted by atomic mass is 10.1. The third-order valence-electron chi connectivity index (χ3n) is 3.79. The number of likely N-dealkylation sites (N-methyl/N-ethyl adjacent to an activating group) is 1. The Labute approximate surface area is 156 Å². The van der Waals surface area contributed by atoms with Crippen LogP contribution >= 0.6 is 15.9 Å². The summed E-state index contributed by atoms with van der Waals surface area (Å²) in [5.41, 5.74) is 3.72. The first-order chi connectivity index (χ1) is 11.9. The van der Waals surface area contributed by atoms with Crippen LogP contribution in [-0.2, 0) is 9.59 Å². The molecule has 0 aromatic heterocycles. The number of anilines is 1.